The first-order valence-electron chi connectivity index (χ1n) is 9.11. The number of anilines is 1. The summed E-state index contributed by atoms with van der Waals surface area (Å²) in [6, 6.07) is 17.4. The molecule has 144 valence electrons. The predicted molar refractivity (Wildman–Crippen MR) is 114 cm³/mol. The van der Waals surface area contributed by atoms with Crippen LogP contribution in [-0.4, -0.2) is 30.3 Å². The van der Waals surface area contributed by atoms with Crippen LogP contribution in [0.4, 0.5) is 5.13 Å². The van der Waals surface area contributed by atoms with Crippen molar-refractivity contribution in [1.82, 2.24) is 24.4 Å². The van der Waals surface area contributed by atoms with Crippen molar-refractivity contribution in [3.05, 3.63) is 70.5 Å². The van der Waals surface area contributed by atoms with E-state index in [-0.39, 0.29) is 5.91 Å². The number of rotatable bonds is 5. The second-order valence-corrected chi connectivity index (χ2v) is 8.40. The summed E-state index contributed by atoms with van der Waals surface area (Å²) in [6.45, 7) is 0. The average Bonchev–Trinajstić information content (AvgIpc) is 3.31. The van der Waals surface area contributed by atoms with Crippen molar-refractivity contribution in [2.45, 2.75) is 18.8 Å². The first kappa shape index (κ1) is 18.1. The van der Waals surface area contributed by atoms with Crippen molar-refractivity contribution < 1.29 is 4.79 Å². The average molecular weight is 467 g/mol. The van der Waals surface area contributed by atoms with E-state index in [0.717, 1.165) is 45.8 Å². The maximum Gasteiger partial charge on any atom is 0.279 e. The molecule has 1 aliphatic carbocycles. The number of benzene rings is 2. The highest BCUT2D eigenvalue weighted by Crippen LogP contribution is 2.42. The highest BCUT2D eigenvalue weighted by atomic mass is 79.9. The van der Waals surface area contributed by atoms with Gasteiger partial charge in [0.1, 0.15) is 0 Å². The van der Waals surface area contributed by atoms with Crippen molar-refractivity contribution >= 4 is 38.5 Å². The molecule has 0 atom stereocenters. The van der Waals surface area contributed by atoms with Crippen LogP contribution in [0.5, 0.6) is 0 Å². The van der Waals surface area contributed by atoms with Gasteiger partial charge in [-0.15, -0.1) is 5.10 Å². The molecule has 5 rings (SSSR count). The SMILES string of the molecule is O=C(Nc1nc(-c2ccccc2)ns1)c1nnn(-c2ccc(Br)cc2)c1C1CC1. The third-order valence-electron chi connectivity index (χ3n) is 4.63. The monoisotopic (exact) mass is 466 g/mol. The third kappa shape index (κ3) is 3.70. The van der Waals surface area contributed by atoms with Crippen LogP contribution in [0.3, 0.4) is 0 Å². The van der Waals surface area contributed by atoms with Gasteiger partial charge in [-0.25, -0.2) is 4.68 Å². The van der Waals surface area contributed by atoms with E-state index in [9.17, 15) is 4.79 Å². The van der Waals surface area contributed by atoms with Crippen LogP contribution in [-0.2, 0) is 0 Å². The minimum atomic E-state index is -0.314. The van der Waals surface area contributed by atoms with Crippen LogP contribution in [0.25, 0.3) is 17.1 Å². The molecule has 2 aromatic carbocycles. The van der Waals surface area contributed by atoms with E-state index in [1.807, 2.05) is 54.6 Å². The Morgan fingerprint density at radius 1 is 1.10 bits per heavy atom. The van der Waals surface area contributed by atoms with Crippen LogP contribution >= 0.6 is 27.5 Å². The van der Waals surface area contributed by atoms with Gasteiger partial charge in [-0.3, -0.25) is 10.1 Å². The predicted octanol–water partition coefficient (Wildman–Crippen LogP) is 4.68. The summed E-state index contributed by atoms with van der Waals surface area (Å²) in [5, 5.41) is 11.7. The zero-order valence-corrected chi connectivity index (χ0v) is 17.5. The first-order valence-corrected chi connectivity index (χ1v) is 10.7. The van der Waals surface area contributed by atoms with Gasteiger partial charge in [0.25, 0.3) is 5.91 Å². The molecule has 9 heteroatoms. The molecular weight excluding hydrogens is 452 g/mol. The largest absolute Gasteiger partial charge is 0.295 e. The molecule has 1 amide bonds. The molecule has 0 aliphatic heterocycles. The van der Waals surface area contributed by atoms with Gasteiger partial charge in [-0.1, -0.05) is 51.5 Å². The van der Waals surface area contributed by atoms with E-state index in [1.54, 1.807) is 4.68 Å². The Labute approximate surface area is 179 Å². The molecule has 0 unspecified atom stereocenters. The number of carbonyl (C=O) groups excluding carboxylic acids is 1. The fourth-order valence-corrected chi connectivity index (χ4v) is 3.93. The van der Waals surface area contributed by atoms with Gasteiger partial charge in [0.15, 0.2) is 11.5 Å². The molecule has 0 radical (unpaired) electrons. The molecule has 1 saturated carbocycles. The van der Waals surface area contributed by atoms with Gasteiger partial charge in [0, 0.05) is 27.5 Å². The maximum absolute atomic E-state index is 12.9. The van der Waals surface area contributed by atoms with Crippen LogP contribution < -0.4 is 5.32 Å². The summed E-state index contributed by atoms with van der Waals surface area (Å²) in [4.78, 5) is 17.3. The highest BCUT2D eigenvalue weighted by Gasteiger charge is 2.34. The van der Waals surface area contributed by atoms with Crippen molar-refractivity contribution in [1.29, 1.82) is 0 Å². The number of hydrogen-bond acceptors (Lipinski definition) is 6. The number of halogens is 1. The maximum atomic E-state index is 12.9. The molecule has 1 N–H and O–H groups in total. The Morgan fingerprint density at radius 2 is 1.86 bits per heavy atom. The fraction of sp³-hybridized carbons (Fsp3) is 0.150. The van der Waals surface area contributed by atoms with Crippen LogP contribution in [0.15, 0.2) is 59.1 Å². The van der Waals surface area contributed by atoms with Crippen molar-refractivity contribution in [3.63, 3.8) is 0 Å². The zero-order valence-electron chi connectivity index (χ0n) is 15.1. The Balaban J connectivity index is 1.42. The molecule has 0 bridgehead atoms. The first-order chi connectivity index (χ1) is 14.2. The Bertz CT molecular complexity index is 1170. The molecule has 2 heterocycles. The van der Waals surface area contributed by atoms with Crippen LogP contribution in [0.2, 0.25) is 0 Å². The Hall–Kier alpha value is -2.91. The molecule has 7 nitrogen and oxygen atoms in total. The van der Waals surface area contributed by atoms with E-state index in [0.29, 0.717) is 22.6 Å². The summed E-state index contributed by atoms with van der Waals surface area (Å²) in [6.07, 6.45) is 2.06. The van der Waals surface area contributed by atoms with Gasteiger partial charge in [0.2, 0.25) is 5.13 Å². The summed E-state index contributed by atoms with van der Waals surface area (Å²) >= 11 is 4.59. The Morgan fingerprint density at radius 3 is 2.59 bits per heavy atom. The molecule has 1 aliphatic rings. The number of amides is 1. The lowest BCUT2D eigenvalue weighted by Gasteiger charge is -2.07. The van der Waals surface area contributed by atoms with E-state index in [2.05, 4.69) is 40.9 Å². The molecule has 0 saturated heterocycles. The van der Waals surface area contributed by atoms with Gasteiger partial charge >= 0.3 is 0 Å². The minimum Gasteiger partial charge on any atom is -0.295 e. The van der Waals surface area contributed by atoms with Crippen molar-refractivity contribution in [2.75, 3.05) is 5.32 Å². The summed E-state index contributed by atoms with van der Waals surface area (Å²) in [5.41, 5.74) is 2.97. The van der Waals surface area contributed by atoms with Gasteiger partial charge < -0.3 is 0 Å². The zero-order chi connectivity index (χ0) is 19.8. The number of nitrogens with one attached hydrogen (secondary N) is 1. The lowest BCUT2D eigenvalue weighted by Crippen LogP contribution is -2.15. The summed E-state index contributed by atoms with van der Waals surface area (Å²) in [7, 11) is 0. The third-order valence-corrected chi connectivity index (χ3v) is 5.79. The van der Waals surface area contributed by atoms with E-state index in [1.165, 1.54) is 0 Å². The lowest BCUT2D eigenvalue weighted by molar-refractivity contribution is 0.102. The molecular formula is C20H15BrN6OS. The summed E-state index contributed by atoms with van der Waals surface area (Å²) < 4.78 is 7.08. The summed E-state index contributed by atoms with van der Waals surface area (Å²) in [5.74, 6) is 0.571. The highest BCUT2D eigenvalue weighted by molar-refractivity contribution is 9.10. The topological polar surface area (TPSA) is 85.6 Å². The molecule has 1 fully saturated rings. The van der Waals surface area contributed by atoms with Gasteiger partial charge in [-0.05, 0) is 37.1 Å². The normalized spacial score (nSPS) is 13.4. The van der Waals surface area contributed by atoms with E-state index in [4.69, 9.17) is 0 Å². The molecule has 29 heavy (non-hydrogen) atoms. The van der Waals surface area contributed by atoms with Crippen LogP contribution in [0, 0.1) is 0 Å². The van der Waals surface area contributed by atoms with Crippen molar-refractivity contribution in [3.8, 4) is 17.1 Å². The number of aromatic nitrogens is 5. The molecule has 2 aromatic heterocycles. The minimum absolute atomic E-state index is 0.295. The molecule has 0 spiro atoms. The second kappa shape index (κ2) is 7.49. The smallest absolute Gasteiger partial charge is 0.279 e. The van der Waals surface area contributed by atoms with Gasteiger partial charge in [0.05, 0.1) is 11.4 Å². The van der Waals surface area contributed by atoms with E-state index < -0.39 is 0 Å². The number of carbonyl (C=O) groups is 1. The quantitative estimate of drug-likeness (QED) is 0.461. The van der Waals surface area contributed by atoms with Crippen molar-refractivity contribution in [2.24, 2.45) is 0 Å². The Kier molecular flexibility index (Phi) is 4.69. The number of nitrogens with zero attached hydrogens (tertiary/aromatic N) is 5. The molecule has 4 aromatic rings. The second-order valence-electron chi connectivity index (χ2n) is 6.73. The van der Waals surface area contributed by atoms with E-state index >= 15 is 0 Å². The standard InChI is InChI=1S/C20H15BrN6OS/c21-14-8-10-15(11-9-14)27-17(12-6-7-12)16(24-26-27)19(28)23-20-22-18(25-29-20)13-4-2-1-3-5-13/h1-5,8-12H,6-7H2,(H,22,23,25,28). The van der Waals surface area contributed by atoms with Gasteiger partial charge in [-0.2, -0.15) is 9.36 Å². The van der Waals surface area contributed by atoms with Crippen LogP contribution in [0.1, 0.15) is 34.9 Å². The number of hydrogen-bond donors (Lipinski definition) is 1. The lowest BCUT2D eigenvalue weighted by atomic mass is 10.2. The fourth-order valence-electron chi connectivity index (χ4n) is 3.08.